The molecule has 1 atom stereocenters. The highest BCUT2D eigenvalue weighted by Crippen LogP contribution is 2.21. The minimum atomic E-state index is -0.282. The molecule has 0 fully saturated rings. The number of benzene rings is 1. The van der Waals surface area contributed by atoms with Crippen LogP contribution in [0.25, 0.3) is 0 Å². The number of hydrogen-bond donors (Lipinski definition) is 3. The van der Waals surface area contributed by atoms with Crippen LogP contribution >= 0.6 is 0 Å². The number of hydrogen-bond acceptors (Lipinski definition) is 3. The Labute approximate surface area is 102 Å². The molecule has 4 N–H and O–H groups in total. The molecule has 1 unspecified atom stereocenters. The molecule has 0 aliphatic rings. The average Bonchev–Trinajstić information content (AvgIpc) is 2.28. The monoisotopic (exact) mass is 236 g/mol. The number of phenolic OH excluding ortho intramolecular Hbond substituents is 1. The van der Waals surface area contributed by atoms with Crippen molar-refractivity contribution in [2.45, 2.75) is 26.8 Å². The summed E-state index contributed by atoms with van der Waals surface area (Å²) in [4.78, 5) is 12.0. The van der Waals surface area contributed by atoms with Crippen LogP contribution in [0.1, 0.15) is 29.8 Å². The summed E-state index contributed by atoms with van der Waals surface area (Å²) in [5.41, 5.74) is 6.57. The summed E-state index contributed by atoms with van der Waals surface area (Å²) in [6, 6.07) is 5.03. The first-order chi connectivity index (χ1) is 7.97. The Morgan fingerprint density at radius 3 is 2.65 bits per heavy atom. The SMILES string of the molecule is Cc1cccc(C(=O)NC(CN)C(C)C)c1O. The number of aryl methyl sites for hydroxylation is 1. The van der Waals surface area contributed by atoms with Gasteiger partial charge in [0, 0.05) is 12.6 Å². The highest BCUT2D eigenvalue weighted by atomic mass is 16.3. The van der Waals surface area contributed by atoms with Crippen molar-refractivity contribution in [1.82, 2.24) is 5.32 Å². The second-order valence-electron chi connectivity index (χ2n) is 4.53. The summed E-state index contributed by atoms with van der Waals surface area (Å²) < 4.78 is 0. The van der Waals surface area contributed by atoms with Gasteiger partial charge in [0.2, 0.25) is 0 Å². The van der Waals surface area contributed by atoms with Crippen molar-refractivity contribution >= 4 is 5.91 Å². The van der Waals surface area contributed by atoms with E-state index < -0.39 is 0 Å². The third kappa shape index (κ3) is 3.20. The minimum absolute atomic E-state index is 0.0320. The molecular formula is C13H20N2O2. The number of rotatable bonds is 4. The van der Waals surface area contributed by atoms with Crippen molar-refractivity contribution in [3.8, 4) is 5.75 Å². The maximum absolute atomic E-state index is 12.0. The first kappa shape index (κ1) is 13.5. The van der Waals surface area contributed by atoms with E-state index in [2.05, 4.69) is 5.32 Å². The van der Waals surface area contributed by atoms with Crippen molar-refractivity contribution in [2.75, 3.05) is 6.54 Å². The van der Waals surface area contributed by atoms with Gasteiger partial charge in [-0.2, -0.15) is 0 Å². The van der Waals surface area contributed by atoms with Gasteiger partial charge in [-0.1, -0.05) is 26.0 Å². The molecule has 0 saturated carbocycles. The standard InChI is InChI=1S/C13H20N2O2/c1-8(2)11(7-14)15-13(17)10-6-4-5-9(3)12(10)16/h4-6,8,11,16H,7,14H2,1-3H3,(H,15,17). The van der Waals surface area contributed by atoms with Crippen LogP contribution in [0.4, 0.5) is 0 Å². The van der Waals surface area contributed by atoms with Gasteiger partial charge in [-0.15, -0.1) is 0 Å². The van der Waals surface area contributed by atoms with E-state index in [-0.39, 0.29) is 23.6 Å². The van der Waals surface area contributed by atoms with Crippen LogP contribution in [0.2, 0.25) is 0 Å². The second-order valence-corrected chi connectivity index (χ2v) is 4.53. The van der Waals surface area contributed by atoms with E-state index in [1.807, 2.05) is 13.8 Å². The predicted molar refractivity (Wildman–Crippen MR) is 68.0 cm³/mol. The lowest BCUT2D eigenvalue weighted by atomic mass is 10.0. The quantitative estimate of drug-likeness (QED) is 0.740. The largest absolute Gasteiger partial charge is 0.507 e. The van der Waals surface area contributed by atoms with Crippen LogP contribution in [0.5, 0.6) is 5.75 Å². The van der Waals surface area contributed by atoms with Gasteiger partial charge in [0.05, 0.1) is 5.56 Å². The Balaban J connectivity index is 2.86. The van der Waals surface area contributed by atoms with Gasteiger partial charge in [-0.3, -0.25) is 4.79 Å². The third-order valence-corrected chi connectivity index (χ3v) is 2.86. The van der Waals surface area contributed by atoms with Crippen molar-refractivity contribution in [1.29, 1.82) is 0 Å². The van der Waals surface area contributed by atoms with Gasteiger partial charge >= 0.3 is 0 Å². The van der Waals surface area contributed by atoms with Crippen LogP contribution in [0.3, 0.4) is 0 Å². The van der Waals surface area contributed by atoms with E-state index in [0.29, 0.717) is 17.7 Å². The molecule has 17 heavy (non-hydrogen) atoms. The minimum Gasteiger partial charge on any atom is -0.507 e. The lowest BCUT2D eigenvalue weighted by Crippen LogP contribution is -2.43. The number of phenols is 1. The lowest BCUT2D eigenvalue weighted by molar-refractivity contribution is 0.0925. The normalized spacial score (nSPS) is 12.5. The number of nitrogens with one attached hydrogen (secondary N) is 1. The Bertz CT molecular complexity index is 402. The molecule has 0 radical (unpaired) electrons. The summed E-state index contributed by atoms with van der Waals surface area (Å²) in [5, 5.41) is 12.6. The van der Waals surface area contributed by atoms with Crippen molar-refractivity contribution in [3.05, 3.63) is 29.3 Å². The van der Waals surface area contributed by atoms with E-state index in [1.165, 1.54) is 0 Å². The maximum Gasteiger partial charge on any atom is 0.255 e. The van der Waals surface area contributed by atoms with Gasteiger partial charge in [0.25, 0.3) is 5.91 Å². The summed E-state index contributed by atoms with van der Waals surface area (Å²) in [7, 11) is 0. The van der Waals surface area contributed by atoms with E-state index in [0.717, 1.165) is 0 Å². The highest BCUT2D eigenvalue weighted by molar-refractivity contribution is 5.97. The molecule has 1 amide bonds. The van der Waals surface area contributed by atoms with Crippen LogP contribution in [-0.4, -0.2) is 23.6 Å². The van der Waals surface area contributed by atoms with Crippen molar-refractivity contribution < 1.29 is 9.90 Å². The molecule has 0 aliphatic carbocycles. The van der Waals surface area contributed by atoms with Crippen LogP contribution < -0.4 is 11.1 Å². The van der Waals surface area contributed by atoms with E-state index in [1.54, 1.807) is 25.1 Å². The zero-order valence-corrected chi connectivity index (χ0v) is 10.5. The summed E-state index contributed by atoms with van der Waals surface area (Å²) in [5.74, 6) is 0.00998. The molecule has 0 bridgehead atoms. The molecule has 0 aromatic heterocycles. The van der Waals surface area contributed by atoms with Gasteiger partial charge < -0.3 is 16.2 Å². The molecule has 94 valence electrons. The molecule has 4 nitrogen and oxygen atoms in total. The fourth-order valence-electron chi connectivity index (χ4n) is 1.59. The maximum atomic E-state index is 12.0. The number of aromatic hydroxyl groups is 1. The highest BCUT2D eigenvalue weighted by Gasteiger charge is 2.18. The van der Waals surface area contributed by atoms with Crippen LogP contribution in [-0.2, 0) is 0 Å². The summed E-state index contributed by atoms with van der Waals surface area (Å²) in [6.07, 6.45) is 0. The van der Waals surface area contributed by atoms with Gasteiger partial charge in [-0.05, 0) is 24.5 Å². The van der Waals surface area contributed by atoms with E-state index in [9.17, 15) is 9.90 Å². The molecule has 4 heteroatoms. The third-order valence-electron chi connectivity index (χ3n) is 2.86. The number of carbonyl (C=O) groups is 1. The van der Waals surface area contributed by atoms with Crippen LogP contribution in [0, 0.1) is 12.8 Å². The number of amides is 1. The fraction of sp³-hybridized carbons (Fsp3) is 0.462. The van der Waals surface area contributed by atoms with E-state index in [4.69, 9.17) is 5.73 Å². The molecule has 1 aromatic rings. The molecule has 0 heterocycles. The van der Waals surface area contributed by atoms with E-state index >= 15 is 0 Å². The van der Waals surface area contributed by atoms with Crippen molar-refractivity contribution in [3.63, 3.8) is 0 Å². The molecule has 1 rings (SSSR count). The first-order valence-electron chi connectivity index (χ1n) is 5.76. The van der Waals surface area contributed by atoms with Gasteiger partial charge in [-0.25, -0.2) is 0 Å². The number of nitrogens with two attached hydrogens (primary N) is 1. The molecule has 0 aliphatic heterocycles. The molecule has 0 saturated heterocycles. The Kier molecular flexibility index (Phi) is 4.52. The smallest absolute Gasteiger partial charge is 0.255 e. The van der Waals surface area contributed by atoms with Crippen LogP contribution in [0.15, 0.2) is 18.2 Å². The fourth-order valence-corrected chi connectivity index (χ4v) is 1.59. The molecular weight excluding hydrogens is 216 g/mol. The second kappa shape index (κ2) is 5.68. The topological polar surface area (TPSA) is 75.4 Å². The van der Waals surface area contributed by atoms with Gasteiger partial charge in [0.15, 0.2) is 0 Å². The molecule has 1 aromatic carbocycles. The predicted octanol–water partition coefficient (Wildman–Crippen LogP) is 1.41. The Morgan fingerprint density at radius 2 is 2.12 bits per heavy atom. The zero-order chi connectivity index (χ0) is 13.0. The summed E-state index contributed by atoms with van der Waals surface area (Å²) in [6.45, 7) is 6.13. The summed E-state index contributed by atoms with van der Waals surface area (Å²) >= 11 is 0. The first-order valence-corrected chi connectivity index (χ1v) is 5.76. The lowest BCUT2D eigenvalue weighted by Gasteiger charge is -2.20. The Morgan fingerprint density at radius 1 is 1.47 bits per heavy atom. The average molecular weight is 236 g/mol. The number of carbonyl (C=O) groups excluding carboxylic acids is 1. The number of para-hydroxylation sites is 1. The van der Waals surface area contributed by atoms with Gasteiger partial charge in [0.1, 0.15) is 5.75 Å². The Hall–Kier alpha value is -1.55. The zero-order valence-electron chi connectivity index (χ0n) is 10.5. The molecule has 0 spiro atoms. The van der Waals surface area contributed by atoms with Crippen molar-refractivity contribution in [2.24, 2.45) is 11.7 Å².